The third kappa shape index (κ3) is 2.99. The van der Waals surface area contributed by atoms with E-state index in [0.29, 0.717) is 18.1 Å². The van der Waals surface area contributed by atoms with Gasteiger partial charge in [0.15, 0.2) is 0 Å². The number of halogens is 1. The van der Waals surface area contributed by atoms with Gasteiger partial charge in [-0.3, -0.25) is 0 Å². The Morgan fingerprint density at radius 3 is 2.61 bits per heavy atom. The van der Waals surface area contributed by atoms with Crippen LogP contribution in [-0.4, -0.2) is 19.2 Å². The Morgan fingerprint density at radius 2 is 2.11 bits per heavy atom. The van der Waals surface area contributed by atoms with E-state index in [1.807, 2.05) is 13.0 Å². The zero-order valence-corrected chi connectivity index (χ0v) is 12.2. The molecule has 1 N–H and O–H groups in total. The molecule has 3 heteroatoms. The molecule has 0 aromatic heterocycles. The summed E-state index contributed by atoms with van der Waals surface area (Å²) in [5.74, 6) is 0.788. The van der Waals surface area contributed by atoms with E-state index in [0.717, 1.165) is 17.3 Å². The van der Waals surface area contributed by atoms with E-state index in [1.54, 1.807) is 0 Å². The average molecular weight is 268 g/mol. The van der Waals surface area contributed by atoms with Gasteiger partial charge in [0.05, 0.1) is 11.6 Å². The first-order valence-corrected chi connectivity index (χ1v) is 7.11. The number of hydrogen-bond donors (Lipinski definition) is 1. The quantitative estimate of drug-likeness (QED) is 0.847. The van der Waals surface area contributed by atoms with Crippen LogP contribution in [0, 0.1) is 0 Å². The van der Waals surface area contributed by atoms with Crippen molar-refractivity contribution in [3.05, 3.63) is 28.8 Å². The molecule has 0 spiro atoms. The van der Waals surface area contributed by atoms with Crippen LogP contribution in [0.4, 0.5) is 0 Å². The standard InChI is InChI=1S/C15H22ClNO/c1-4-18-14-6-5-12(9-13(14)16)15(7-8-15)10-17-11(2)3/h5-6,9,11,17H,4,7-8,10H2,1-3H3. The summed E-state index contributed by atoms with van der Waals surface area (Å²) >= 11 is 6.26. The van der Waals surface area contributed by atoms with Crippen LogP contribution in [0.25, 0.3) is 0 Å². The summed E-state index contributed by atoms with van der Waals surface area (Å²) < 4.78 is 5.48. The average Bonchev–Trinajstić information content (AvgIpc) is 3.10. The largest absolute Gasteiger partial charge is 0.492 e. The molecular formula is C15H22ClNO. The first-order valence-electron chi connectivity index (χ1n) is 6.73. The SMILES string of the molecule is CCOc1ccc(C2(CNC(C)C)CC2)cc1Cl. The minimum atomic E-state index is 0.304. The van der Waals surface area contributed by atoms with Crippen LogP contribution >= 0.6 is 11.6 Å². The lowest BCUT2D eigenvalue weighted by atomic mass is 9.95. The molecule has 2 nitrogen and oxygen atoms in total. The number of ether oxygens (including phenoxy) is 1. The van der Waals surface area contributed by atoms with Crippen molar-refractivity contribution in [2.24, 2.45) is 0 Å². The third-order valence-corrected chi connectivity index (χ3v) is 3.84. The molecule has 1 saturated carbocycles. The van der Waals surface area contributed by atoms with E-state index in [-0.39, 0.29) is 0 Å². The van der Waals surface area contributed by atoms with E-state index in [1.165, 1.54) is 18.4 Å². The molecule has 0 bridgehead atoms. The second kappa shape index (κ2) is 5.50. The Hall–Kier alpha value is -0.730. The molecule has 1 aromatic rings. The highest BCUT2D eigenvalue weighted by Crippen LogP contribution is 2.49. The lowest BCUT2D eigenvalue weighted by Crippen LogP contribution is -2.32. The maximum absolute atomic E-state index is 6.26. The predicted octanol–water partition coefficient (Wildman–Crippen LogP) is 3.77. The molecule has 100 valence electrons. The molecule has 18 heavy (non-hydrogen) atoms. The van der Waals surface area contributed by atoms with Crippen molar-refractivity contribution in [3.63, 3.8) is 0 Å². The molecule has 0 saturated heterocycles. The highest BCUT2D eigenvalue weighted by Gasteiger charge is 2.44. The van der Waals surface area contributed by atoms with Gasteiger partial charge in [0.2, 0.25) is 0 Å². The molecule has 0 heterocycles. The van der Waals surface area contributed by atoms with Crippen LogP contribution in [0.3, 0.4) is 0 Å². The molecule has 0 aliphatic heterocycles. The Labute approximate surface area is 115 Å². The van der Waals surface area contributed by atoms with Gasteiger partial charge in [-0.1, -0.05) is 31.5 Å². The second-order valence-electron chi connectivity index (χ2n) is 5.39. The van der Waals surface area contributed by atoms with Gasteiger partial charge in [-0.15, -0.1) is 0 Å². The van der Waals surface area contributed by atoms with Crippen molar-refractivity contribution in [1.29, 1.82) is 0 Å². The maximum atomic E-state index is 6.26. The van der Waals surface area contributed by atoms with E-state index in [9.17, 15) is 0 Å². The van der Waals surface area contributed by atoms with Crippen LogP contribution < -0.4 is 10.1 Å². The van der Waals surface area contributed by atoms with E-state index < -0.39 is 0 Å². The monoisotopic (exact) mass is 267 g/mol. The van der Waals surface area contributed by atoms with Crippen LogP contribution in [0.1, 0.15) is 39.2 Å². The molecule has 0 amide bonds. The van der Waals surface area contributed by atoms with Gasteiger partial charge in [-0.25, -0.2) is 0 Å². The first kappa shape index (κ1) is 13.7. The fraction of sp³-hybridized carbons (Fsp3) is 0.600. The summed E-state index contributed by atoms with van der Waals surface area (Å²) in [5.41, 5.74) is 1.64. The van der Waals surface area contributed by atoms with E-state index >= 15 is 0 Å². The Morgan fingerprint density at radius 1 is 1.39 bits per heavy atom. The number of hydrogen-bond acceptors (Lipinski definition) is 2. The van der Waals surface area contributed by atoms with Crippen molar-refractivity contribution in [3.8, 4) is 5.75 Å². The van der Waals surface area contributed by atoms with Crippen molar-refractivity contribution < 1.29 is 4.74 Å². The fourth-order valence-electron chi connectivity index (χ4n) is 2.22. The van der Waals surface area contributed by atoms with E-state index in [4.69, 9.17) is 16.3 Å². The normalized spacial score (nSPS) is 16.9. The van der Waals surface area contributed by atoms with Crippen LogP contribution in [0.15, 0.2) is 18.2 Å². The molecule has 0 unspecified atom stereocenters. The van der Waals surface area contributed by atoms with E-state index in [2.05, 4.69) is 31.3 Å². The fourth-order valence-corrected chi connectivity index (χ4v) is 2.46. The molecule has 1 aromatic carbocycles. The smallest absolute Gasteiger partial charge is 0.137 e. The Bertz CT molecular complexity index is 413. The number of rotatable bonds is 6. The van der Waals surface area contributed by atoms with Gasteiger partial charge in [-0.2, -0.15) is 0 Å². The molecular weight excluding hydrogens is 246 g/mol. The molecule has 0 atom stereocenters. The van der Waals surface area contributed by atoms with Gasteiger partial charge in [0.25, 0.3) is 0 Å². The van der Waals surface area contributed by atoms with Gasteiger partial charge in [-0.05, 0) is 37.5 Å². The van der Waals surface area contributed by atoms with Crippen LogP contribution in [0.2, 0.25) is 5.02 Å². The summed E-state index contributed by atoms with van der Waals surface area (Å²) in [4.78, 5) is 0. The minimum absolute atomic E-state index is 0.304. The van der Waals surface area contributed by atoms with Crippen molar-refractivity contribution in [1.82, 2.24) is 5.32 Å². The topological polar surface area (TPSA) is 21.3 Å². The zero-order valence-electron chi connectivity index (χ0n) is 11.4. The maximum Gasteiger partial charge on any atom is 0.137 e. The summed E-state index contributed by atoms with van der Waals surface area (Å²) in [7, 11) is 0. The second-order valence-corrected chi connectivity index (χ2v) is 5.80. The van der Waals surface area contributed by atoms with Gasteiger partial charge < -0.3 is 10.1 Å². The van der Waals surface area contributed by atoms with Gasteiger partial charge >= 0.3 is 0 Å². The van der Waals surface area contributed by atoms with Crippen molar-refractivity contribution in [2.45, 2.75) is 45.1 Å². The number of benzene rings is 1. The highest BCUT2D eigenvalue weighted by atomic mass is 35.5. The minimum Gasteiger partial charge on any atom is -0.492 e. The number of nitrogens with one attached hydrogen (secondary N) is 1. The molecule has 1 aliphatic rings. The first-order chi connectivity index (χ1) is 8.57. The Kier molecular flexibility index (Phi) is 4.18. The third-order valence-electron chi connectivity index (χ3n) is 3.55. The van der Waals surface area contributed by atoms with Crippen molar-refractivity contribution >= 4 is 11.6 Å². The summed E-state index contributed by atoms with van der Waals surface area (Å²) in [5, 5.41) is 4.26. The van der Waals surface area contributed by atoms with Crippen LogP contribution in [-0.2, 0) is 5.41 Å². The Balaban J connectivity index is 2.11. The molecule has 1 fully saturated rings. The van der Waals surface area contributed by atoms with Gasteiger partial charge in [0.1, 0.15) is 5.75 Å². The highest BCUT2D eigenvalue weighted by molar-refractivity contribution is 6.32. The predicted molar refractivity (Wildman–Crippen MR) is 76.7 cm³/mol. The summed E-state index contributed by atoms with van der Waals surface area (Å²) in [6.45, 7) is 8.02. The molecule has 2 rings (SSSR count). The lowest BCUT2D eigenvalue weighted by molar-refractivity contribution is 0.340. The zero-order chi connectivity index (χ0) is 13.2. The van der Waals surface area contributed by atoms with Crippen LogP contribution in [0.5, 0.6) is 5.75 Å². The molecule has 1 aliphatic carbocycles. The summed E-state index contributed by atoms with van der Waals surface area (Å²) in [6.07, 6.45) is 2.49. The van der Waals surface area contributed by atoms with Crippen molar-refractivity contribution in [2.75, 3.05) is 13.2 Å². The molecule has 0 radical (unpaired) electrons. The lowest BCUT2D eigenvalue weighted by Gasteiger charge is -2.19. The van der Waals surface area contributed by atoms with Gasteiger partial charge in [0, 0.05) is 18.0 Å². The summed E-state index contributed by atoms with van der Waals surface area (Å²) in [6, 6.07) is 6.75.